The highest BCUT2D eigenvalue weighted by Crippen LogP contribution is 2.28. The number of benzene rings is 2. The third-order valence-corrected chi connectivity index (χ3v) is 9.28. The molecule has 0 unspecified atom stereocenters. The number of hydrogen-bond donors (Lipinski definition) is 1. The van der Waals surface area contributed by atoms with Crippen molar-refractivity contribution in [1.29, 1.82) is 0 Å². The molecule has 1 aliphatic rings. The summed E-state index contributed by atoms with van der Waals surface area (Å²) in [4.78, 5) is 13.0. The Hall–Kier alpha value is -2.68. The van der Waals surface area contributed by atoms with Crippen molar-refractivity contribution < 1.29 is 17.9 Å². The van der Waals surface area contributed by atoms with Gasteiger partial charge in [-0.2, -0.15) is 4.31 Å². The maximum atomic E-state index is 13.1. The number of nitrogens with zero attached hydrogens (tertiary/aromatic N) is 1. The van der Waals surface area contributed by atoms with Crippen molar-refractivity contribution in [2.45, 2.75) is 49.5 Å². The first kappa shape index (κ1) is 24.4. The standard InChI is InChI=1S/C26H30N2O4S2/c1-2-7-20-8-6-11-23(18-20)32-22-14-16-28(17-15-22)34(30,31)25-13-12-24(33-25)19-27-26(29)21-9-4-3-5-10-21/h3-6,8-13,18,22H,2,7,14-17,19H2,1H3,(H,27,29). The fourth-order valence-electron chi connectivity index (χ4n) is 4.02. The monoisotopic (exact) mass is 498 g/mol. The first-order chi connectivity index (χ1) is 16.5. The molecule has 1 aromatic heterocycles. The lowest BCUT2D eigenvalue weighted by atomic mass is 10.1. The lowest BCUT2D eigenvalue weighted by Crippen LogP contribution is -2.41. The average Bonchev–Trinajstić information content (AvgIpc) is 3.34. The molecule has 1 aliphatic heterocycles. The molecule has 1 amide bonds. The molecular weight excluding hydrogens is 468 g/mol. The Kier molecular flexibility index (Phi) is 8.03. The van der Waals surface area contributed by atoms with E-state index in [1.54, 1.807) is 28.6 Å². The van der Waals surface area contributed by atoms with Gasteiger partial charge in [0, 0.05) is 23.5 Å². The van der Waals surface area contributed by atoms with Gasteiger partial charge in [-0.25, -0.2) is 8.42 Å². The number of carbonyl (C=O) groups is 1. The van der Waals surface area contributed by atoms with E-state index in [-0.39, 0.29) is 12.0 Å². The van der Waals surface area contributed by atoms with Crippen LogP contribution in [0, 0.1) is 0 Å². The fraction of sp³-hybridized carbons (Fsp3) is 0.346. The lowest BCUT2D eigenvalue weighted by molar-refractivity contribution is 0.0951. The van der Waals surface area contributed by atoms with Gasteiger partial charge in [-0.3, -0.25) is 4.79 Å². The van der Waals surface area contributed by atoms with E-state index in [1.165, 1.54) is 16.9 Å². The summed E-state index contributed by atoms with van der Waals surface area (Å²) in [5.74, 6) is 0.674. The van der Waals surface area contributed by atoms with Crippen molar-refractivity contribution in [2.24, 2.45) is 0 Å². The van der Waals surface area contributed by atoms with Crippen molar-refractivity contribution in [2.75, 3.05) is 13.1 Å². The summed E-state index contributed by atoms with van der Waals surface area (Å²) in [6.07, 6.45) is 3.43. The van der Waals surface area contributed by atoms with Gasteiger partial charge in [-0.15, -0.1) is 11.3 Å². The predicted octanol–water partition coefficient (Wildman–Crippen LogP) is 4.86. The van der Waals surface area contributed by atoms with Crippen molar-refractivity contribution in [3.05, 3.63) is 82.7 Å². The maximum Gasteiger partial charge on any atom is 0.252 e. The van der Waals surface area contributed by atoms with Crippen LogP contribution in [0.25, 0.3) is 0 Å². The van der Waals surface area contributed by atoms with Crippen LogP contribution < -0.4 is 10.1 Å². The zero-order valence-corrected chi connectivity index (χ0v) is 20.9. The molecule has 0 atom stereocenters. The van der Waals surface area contributed by atoms with Gasteiger partial charge in [-0.1, -0.05) is 43.7 Å². The van der Waals surface area contributed by atoms with E-state index < -0.39 is 10.0 Å². The van der Waals surface area contributed by atoms with Crippen molar-refractivity contribution in [3.8, 4) is 5.75 Å². The van der Waals surface area contributed by atoms with Gasteiger partial charge >= 0.3 is 0 Å². The molecule has 0 bridgehead atoms. The number of thiophene rings is 1. The Morgan fingerprint density at radius 3 is 2.56 bits per heavy atom. The van der Waals surface area contributed by atoms with Crippen LogP contribution >= 0.6 is 11.3 Å². The normalized spacial score (nSPS) is 15.2. The second-order valence-corrected chi connectivity index (χ2v) is 11.7. The van der Waals surface area contributed by atoms with Crippen LogP contribution in [0.1, 0.15) is 47.0 Å². The number of nitrogens with one attached hydrogen (secondary N) is 1. The van der Waals surface area contributed by atoms with Gasteiger partial charge in [0.25, 0.3) is 15.9 Å². The molecule has 1 saturated heterocycles. The summed E-state index contributed by atoms with van der Waals surface area (Å²) in [7, 11) is -3.56. The van der Waals surface area contributed by atoms with E-state index in [9.17, 15) is 13.2 Å². The van der Waals surface area contributed by atoms with E-state index in [4.69, 9.17) is 4.74 Å². The average molecular weight is 499 g/mol. The number of hydrogen-bond acceptors (Lipinski definition) is 5. The molecule has 0 spiro atoms. The van der Waals surface area contributed by atoms with Crippen molar-refractivity contribution in [1.82, 2.24) is 9.62 Å². The summed E-state index contributed by atoms with van der Waals surface area (Å²) in [6.45, 7) is 3.31. The number of ether oxygens (including phenoxy) is 1. The van der Waals surface area contributed by atoms with Crippen LogP contribution in [0.5, 0.6) is 5.75 Å². The number of piperidine rings is 1. The number of rotatable bonds is 9. The van der Waals surface area contributed by atoms with Crippen LogP contribution in [-0.4, -0.2) is 37.8 Å². The highest BCUT2D eigenvalue weighted by Gasteiger charge is 2.31. The van der Waals surface area contributed by atoms with Crippen LogP contribution in [0.3, 0.4) is 0 Å². The highest BCUT2D eigenvalue weighted by atomic mass is 32.2. The number of amides is 1. The number of aryl methyl sites for hydroxylation is 1. The first-order valence-corrected chi connectivity index (χ1v) is 13.9. The molecule has 34 heavy (non-hydrogen) atoms. The van der Waals surface area contributed by atoms with Crippen molar-refractivity contribution >= 4 is 27.3 Å². The third-order valence-electron chi connectivity index (χ3n) is 5.83. The lowest BCUT2D eigenvalue weighted by Gasteiger charge is -2.31. The Labute approximate surface area is 205 Å². The smallest absolute Gasteiger partial charge is 0.252 e. The van der Waals surface area contributed by atoms with E-state index >= 15 is 0 Å². The molecule has 3 aromatic rings. The SMILES string of the molecule is CCCc1cccc(OC2CCN(S(=O)(=O)c3ccc(CNC(=O)c4ccccc4)s3)CC2)c1. The summed E-state index contributed by atoms with van der Waals surface area (Å²) in [5, 5.41) is 2.85. The molecule has 1 N–H and O–H groups in total. The van der Waals surface area contributed by atoms with E-state index in [2.05, 4.69) is 24.4 Å². The molecule has 0 aliphatic carbocycles. The Morgan fingerprint density at radius 1 is 1.06 bits per heavy atom. The van der Waals surface area contributed by atoms with E-state index in [0.717, 1.165) is 23.5 Å². The molecule has 0 radical (unpaired) electrons. The summed E-state index contributed by atoms with van der Waals surface area (Å²) in [5.41, 5.74) is 1.84. The second kappa shape index (κ2) is 11.2. The quantitative estimate of drug-likeness (QED) is 0.457. The van der Waals surface area contributed by atoms with Crippen LogP contribution in [0.15, 0.2) is 70.9 Å². The number of sulfonamides is 1. The van der Waals surface area contributed by atoms with Crippen LogP contribution in [0.4, 0.5) is 0 Å². The Balaban J connectivity index is 1.31. The minimum atomic E-state index is -3.56. The molecule has 8 heteroatoms. The van der Waals surface area contributed by atoms with Gasteiger partial charge in [0.05, 0.1) is 6.54 Å². The van der Waals surface area contributed by atoms with E-state index in [0.29, 0.717) is 42.2 Å². The van der Waals surface area contributed by atoms with Gasteiger partial charge in [0.1, 0.15) is 16.1 Å². The second-order valence-electron chi connectivity index (χ2n) is 8.39. The zero-order chi connectivity index (χ0) is 24.0. The van der Waals surface area contributed by atoms with Crippen molar-refractivity contribution in [3.63, 3.8) is 0 Å². The van der Waals surface area contributed by atoms with Crippen LogP contribution in [0.2, 0.25) is 0 Å². The predicted molar refractivity (Wildman–Crippen MR) is 135 cm³/mol. The van der Waals surface area contributed by atoms with Gasteiger partial charge in [0.15, 0.2) is 0 Å². The third kappa shape index (κ3) is 6.05. The summed E-state index contributed by atoms with van der Waals surface area (Å²) in [6, 6.07) is 20.5. The largest absolute Gasteiger partial charge is 0.490 e. The molecule has 6 nitrogen and oxygen atoms in total. The van der Waals surface area contributed by atoms with Crippen LogP contribution in [-0.2, 0) is 23.0 Å². The van der Waals surface area contributed by atoms with E-state index in [1.807, 2.05) is 30.3 Å². The maximum absolute atomic E-state index is 13.1. The number of carbonyl (C=O) groups excluding carboxylic acids is 1. The molecular formula is C26H30N2O4S2. The molecule has 2 aromatic carbocycles. The molecule has 4 rings (SSSR count). The fourth-order valence-corrected chi connectivity index (χ4v) is 6.94. The Bertz CT molecular complexity index is 1200. The molecule has 2 heterocycles. The molecule has 1 fully saturated rings. The van der Waals surface area contributed by atoms with Gasteiger partial charge in [0.2, 0.25) is 0 Å². The minimum Gasteiger partial charge on any atom is -0.490 e. The Morgan fingerprint density at radius 2 is 1.82 bits per heavy atom. The zero-order valence-electron chi connectivity index (χ0n) is 19.3. The minimum absolute atomic E-state index is 0.00965. The summed E-state index contributed by atoms with van der Waals surface area (Å²) < 4.78 is 34.3. The van der Waals surface area contributed by atoms with Gasteiger partial charge in [-0.05, 0) is 61.2 Å². The molecule has 0 saturated carbocycles. The highest BCUT2D eigenvalue weighted by molar-refractivity contribution is 7.91. The first-order valence-electron chi connectivity index (χ1n) is 11.6. The summed E-state index contributed by atoms with van der Waals surface area (Å²) >= 11 is 1.20. The topological polar surface area (TPSA) is 75.7 Å². The molecule has 180 valence electrons. The van der Waals surface area contributed by atoms with Gasteiger partial charge < -0.3 is 10.1 Å².